The van der Waals surface area contributed by atoms with E-state index in [1.54, 1.807) is 4.90 Å². The SMILES string of the molecule is O=C(N1CCNCC1)N1CCN(c2nccn3nc(C(F)(F)F)cc23)CC1. The van der Waals surface area contributed by atoms with Gasteiger partial charge in [-0.05, 0) is 0 Å². The molecular weight excluding hydrogens is 363 g/mol. The number of halogens is 3. The Kier molecular flexibility index (Phi) is 4.54. The van der Waals surface area contributed by atoms with Crippen molar-refractivity contribution in [1.29, 1.82) is 0 Å². The molecule has 11 heteroatoms. The Labute approximate surface area is 153 Å². The van der Waals surface area contributed by atoms with Crippen LogP contribution in [-0.2, 0) is 6.18 Å². The second-order valence-electron chi connectivity index (χ2n) is 6.60. The summed E-state index contributed by atoms with van der Waals surface area (Å²) in [6.45, 7) is 5.00. The number of hydrogen-bond acceptors (Lipinski definition) is 5. The fourth-order valence-electron chi connectivity index (χ4n) is 3.46. The van der Waals surface area contributed by atoms with Crippen LogP contribution in [0.5, 0.6) is 0 Å². The summed E-state index contributed by atoms with van der Waals surface area (Å²) in [4.78, 5) is 22.4. The number of rotatable bonds is 1. The first-order chi connectivity index (χ1) is 12.9. The number of fused-ring (bicyclic) bond motifs is 1. The molecule has 0 aliphatic carbocycles. The molecule has 0 radical (unpaired) electrons. The third-order valence-corrected chi connectivity index (χ3v) is 4.90. The third kappa shape index (κ3) is 3.51. The summed E-state index contributed by atoms with van der Waals surface area (Å²) < 4.78 is 40.1. The number of hydrogen-bond donors (Lipinski definition) is 1. The molecule has 2 aromatic heterocycles. The number of nitrogens with zero attached hydrogens (tertiary/aromatic N) is 6. The van der Waals surface area contributed by atoms with Gasteiger partial charge in [-0.2, -0.15) is 18.3 Å². The van der Waals surface area contributed by atoms with Crippen molar-refractivity contribution in [3.8, 4) is 0 Å². The second kappa shape index (κ2) is 6.87. The lowest BCUT2D eigenvalue weighted by Crippen LogP contribution is -2.56. The van der Waals surface area contributed by atoms with Crippen LogP contribution in [0.25, 0.3) is 5.52 Å². The first kappa shape index (κ1) is 17.8. The smallest absolute Gasteiger partial charge is 0.351 e. The molecule has 4 rings (SSSR count). The lowest BCUT2D eigenvalue weighted by Gasteiger charge is -2.39. The van der Waals surface area contributed by atoms with Gasteiger partial charge in [0.25, 0.3) is 0 Å². The molecular formula is C16H20F3N7O. The van der Waals surface area contributed by atoms with E-state index in [-0.39, 0.29) is 6.03 Å². The van der Waals surface area contributed by atoms with Crippen molar-refractivity contribution in [2.75, 3.05) is 57.3 Å². The standard InChI is InChI=1S/C16H20F3N7O/c17-16(18,19)13-11-12-14(21-3-6-26(12)22-13)23-7-9-25(10-8-23)15(27)24-4-1-20-2-5-24/h3,6,11,20H,1-2,4-5,7-10H2. The van der Waals surface area contributed by atoms with Crippen LogP contribution in [0.2, 0.25) is 0 Å². The Morgan fingerprint density at radius 1 is 1.04 bits per heavy atom. The van der Waals surface area contributed by atoms with Gasteiger partial charge in [-0.1, -0.05) is 0 Å². The summed E-state index contributed by atoms with van der Waals surface area (Å²) in [5.74, 6) is 0.453. The fourth-order valence-corrected chi connectivity index (χ4v) is 3.46. The number of carbonyl (C=O) groups excluding carboxylic acids is 1. The molecule has 2 saturated heterocycles. The summed E-state index contributed by atoms with van der Waals surface area (Å²) in [5, 5.41) is 6.81. The van der Waals surface area contributed by atoms with Crippen molar-refractivity contribution < 1.29 is 18.0 Å². The molecule has 2 aliphatic rings. The van der Waals surface area contributed by atoms with Gasteiger partial charge in [0.15, 0.2) is 11.5 Å². The molecule has 0 saturated carbocycles. The van der Waals surface area contributed by atoms with Gasteiger partial charge >= 0.3 is 12.2 Å². The predicted molar refractivity (Wildman–Crippen MR) is 91.6 cm³/mol. The van der Waals surface area contributed by atoms with Gasteiger partial charge < -0.3 is 20.0 Å². The van der Waals surface area contributed by atoms with Crippen LogP contribution >= 0.6 is 0 Å². The summed E-state index contributed by atoms with van der Waals surface area (Å²) >= 11 is 0. The molecule has 1 N–H and O–H groups in total. The number of nitrogens with one attached hydrogen (secondary N) is 1. The molecule has 4 heterocycles. The van der Waals surface area contributed by atoms with E-state index in [1.807, 2.05) is 9.80 Å². The minimum Gasteiger partial charge on any atom is -0.351 e. The van der Waals surface area contributed by atoms with Crippen molar-refractivity contribution in [2.45, 2.75) is 6.18 Å². The van der Waals surface area contributed by atoms with Gasteiger partial charge in [-0.25, -0.2) is 14.3 Å². The maximum absolute atomic E-state index is 13.0. The Hall–Kier alpha value is -2.56. The van der Waals surface area contributed by atoms with Gasteiger partial charge in [-0.15, -0.1) is 0 Å². The number of alkyl halides is 3. The third-order valence-electron chi connectivity index (χ3n) is 4.90. The van der Waals surface area contributed by atoms with Gasteiger partial charge in [0, 0.05) is 70.8 Å². The van der Waals surface area contributed by atoms with Crippen LogP contribution in [0.4, 0.5) is 23.8 Å². The van der Waals surface area contributed by atoms with Crippen LogP contribution in [0.1, 0.15) is 5.69 Å². The van der Waals surface area contributed by atoms with Gasteiger partial charge in [0.1, 0.15) is 5.52 Å². The first-order valence-corrected chi connectivity index (χ1v) is 8.84. The number of anilines is 1. The van der Waals surface area contributed by atoms with E-state index in [4.69, 9.17) is 0 Å². The van der Waals surface area contributed by atoms with Crippen molar-refractivity contribution in [3.05, 3.63) is 24.2 Å². The molecule has 8 nitrogen and oxygen atoms in total. The van der Waals surface area contributed by atoms with E-state index >= 15 is 0 Å². The molecule has 2 amide bonds. The predicted octanol–water partition coefficient (Wildman–Crippen LogP) is 0.895. The minimum atomic E-state index is -4.50. The summed E-state index contributed by atoms with van der Waals surface area (Å²) in [7, 11) is 0. The molecule has 0 atom stereocenters. The van der Waals surface area contributed by atoms with Crippen molar-refractivity contribution >= 4 is 17.4 Å². The average Bonchev–Trinajstić information content (AvgIpc) is 3.13. The normalized spacial score (nSPS) is 19.0. The number of amides is 2. The maximum Gasteiger partial charge on any atom is 0.435 e. The van der Waals surface area contributed by atoms with Crippen LogP contribution in [0.15, 0.2) is 18.5 Å². The fraction of sp³-hybridized carbons (Fsp3) is 0.562. The van der Waals surface area contributed by atoms with E-state index in [0.717, 1.165) is 19.2 Å². The minimum absolute atomic E-state index is 0.0195. The topological polar surface area (TPSA) is 69.0 Å². The zero-order chi connectivity index (χ0) is 19.0. The number of piperazine rings is 2. The van der Waals surface area contributed by atoms with Crippen LogP contribution in [0.3, 0.4) is 0 Å². The number of aromatic nitrogens is 3. The number of urea groups is 1. The molecule has 146 valence electrons. The highest BCUT2D eigenvalue weighted by Gasteiger charge is 2.35. The quantitative estimate of drug-likeness (QED) is 0.792. The van der Waals surface area contributed by atoms with Crippen LogP contribution in [0, 0.1) is 0 Å². The second-order valence-corrected chi connectivity index (χ2v) is 6.60. The van der Waals surface area contributed by atoms with E-state index in [2.05, 4.69) is 15.4 Å². The highest BCUT2D eigenvalue weighted by Crippen LogP contribution is 2.31. The molecule has 2 aromatic rings. The van der Waals surface area contributed by atoms with E-state index in [9.17, 15) is 18.0 Å². The lowest BCUT2D eigenvalue weighted by molar-refractivity contribution is -0.141. The summed E-state index contributed by atoms with van der Waals surface area (Å²) in [6.07, 6.45) is -1.66. The molecule has 2 fully saturated rings. The van der Waals surface area contributed by atoms with Gasteiger partial charge in [0.2, 0.25) is 0 Å². The van der Waals surface area contributed by atoms with Crippen molar-refractivity contribution in [1.82, 2.24) is 29.7 Å². The molecule has 0 unspecified atom stereocenters. The maximum atomic E-state index is 13.0. The zero-order valence-corrected chi connectivity index (χ0v) is 14.6. The molecule has 0 bridgehead atoms. The zero-order valence-electron chi connectivity index (χ0n) is 14.6. The highest BCUT2D eigenvalue weighted by atomic mass is 19.4. The average molecular weight is 383 g/mol. The number of carbonyl (C=O) groups is 1. The van der Waals surface area contributed by atoms with E-state index < -0.39 is 11.9 Å². The highest BCUT2D eigenvalue weighted by molar-refractivity contribution is 5.75. The Morgan fingerprint density at radius 2 is 1.70 bits per heavy atom. The van der Waals surface area contributed by atoms with Crippen LogP contribution in [-0.4, -0.2) is 82.8 Å². The molecule has 2 aliphatic heterocycles. The largest absolute Gasteiger partial charge is 0.435 e. The van der Waals surface area contributed by atoms with E-state index in [0.29, 0.717) is 50.6 Å². The van der Waals surface area contributed by atoms with Gasteiger partial charge in [0.05, 0.1) is 0 Å². The summed E-state index contributed by atoms with van der Waals surface area (Å²) in [6, 6.07) is 1.03. The summed E-state index contributed by atoms with van der Waals surface area (Å²) in [5.41, 5.74) is -0.629. The first-order valence-electron chi connectivity index (χ1n) is 8.84. The van der Waals surface area contributed by atoms with E-state index in [1.165, 1.54) is 16.9 Å². The van der Waals surface area contributed by atoms with Crippen molar-refractivity contribution in [3.63, 3.8) is 0 Å². The Morgan fingerprint density at radius 3 is 2.37 bits per heavy atom. The van der Waals surface area contributed by atoms with Gasteiger partial charge in [-0.3, -0.25) is 0 Å². The lowest BCUT2D eigenvalue weighted by atomic mass is 10.3. The Balaban J connectivity index is 1.48. The monoisotopic (exact) mass is 383 g/mol. The molecule has 0 aromatic carbocycles. The van der Waals surface area contributed by atoms with Crippen LogP contribution < -0.4 is 10.2 Å². The molecule has 0 spiro atoms. The van der Waals surface area contributed by atoms with Crippen molar-refractivity contribution in [2.24, 2.45) is 0 Å². The molecule has 27 heavy (non-hydrogen) atoms. The Bertz CT molecular complexity index is 823.